The molecular weight excluding hydrogens is 316 g/mol. The molecule has 0 bridgehead atoms. The molecule has 0 aliphatic rings. The molecule has 7 heteroatoms. The first kappa shape index (κ1) is 17.2. The fraction of sp³-hybridized carbons (Fsp3) is 0.375. The predicted molar refractivity (Wildman–Crippen MR) is 91.4 cm³/mol. The highest BCUT2D eigenvalue weighted by Crippen LogP contribution is 2.23. The van der Waals surface area contributed by atoms with Crippen LogP contribution >= 0.6 is 11.8 Å². The summed E-state index contributed by atoms with van der Waals surface area (Å²) < 4.78 is 6.93. The van der Waals surface area contributed by atoms with Gasteiger partial charge in [-0.2, -0.15) is 11.8 Å². The van der Waals surface area contributed by atoms with Crippen molar-refractivity contribution in [1.29, 1.82) is 0 Å². The summed E-state index contributed by atoms with van der Waals surface area (Å²) in [6, 6.07) is 6.38. The average molecular weight is 336 g/mol. The molecule has 2 rings (SSSR count). The first-order chi connectivity index (χ1) is 11.0. The number of carbonyl (C=O) groups excluding carboxylic acids is 1. The van der Waals surface area contributed by atoms with Gasteiger partial charge in [-0.25, -0.2) is 4.79 Å². The van der Waals surface area contributed by atoms with E-state index in [1.54, 1.807) is 36.6 Å². The lowest BCUT2D eigenvalue weighted by molar-refractivity contribution is -0.139. The van der Waals surface area contributed by atoms with E-state index in [4.69, 9.17) is 4.74 Å². The van der Waals surface area contributed by atoms with Crippen molar-refractivity contribution in [3.63, 3.8) is 0 Å². The Labute approximate surface area is 138 Å². The first-order valence-electron chi connectivity index (χ1n) is 7.14. The Morgan fingerprint density at radius 2 is 2.13 bits per heavy atom. The maximum absolute atomic E-state index is 12.4. The monoisotopic (exact) mass is 336 g/mol. The number of nitrogens with zero attached hydrogens (tertiary/aromatic N) is 1. The second-order valence-electron chi connectivity index (χ2n) is 5.16. The van der Waals surface area contributed by atoms with Crippen LogP contribution in [0.2, 0.25) is 0 Å². The fourth-order valence-electron chi connectivity index (χ4n) is 2.40. The molecule has 0 saturated heterocycles. The number of rotatable bonds is 7. The second-order valence-corrected chi connectivity index (χ2v) is 6.14. The number of carboxylic acids is 1. The van der Waals surface area contributed by atoms with Gasteiger partial charge in [0.25, 0.3) is 5.91 Å². The maximum atomic E-state index is 12.4. The van der Waals surface area contributed by atoms with Crippen molar-refractivity contribution in [2.75, 3.05) is 19.1 Å². The number of amides is 1. The standard InChI is InChI=1S/C16H20N2O4S/c1-18-13-5-4-11(22-2)8-10(13)9-14(18)15(19)17-12(16(20)21)6-7-23-3/h4-5,8-9,12H,6-7H2,1-3H3,(H,17,19)(H,20,21). The van der Waals surface area contributed by atoms with Crippen LogP contribution in [0.15, 0.2) is 24.3 Å². The number of thioether (sulfide) groups is 1. The summed E-state index contributed by atoms with van der Waals surface area (Å²) in [6.07, 6.45) is 2.29. The summed E-state index contributed by atoms with van der Waals surface area (Å²) in [4.78, 5) is 23.7. The molecule has 2 aromatic rings. The summed E-state index contributed by atoms with van der Waals surface area (Å²) in [6.45, 7) is 0. The third kappa shape index (κ3) is 3.79. The number of hydrogen-bond acceptors (Lipinski definition) is 4. The SMILES string of the molecule is COc1ccc2c(c1)cc(C(=O)NC(CCSC)C(=O)O)n2C. The summed E-state index contributed by atoms with van der Waals surface area (Å²) in [5.74, 6) is -0.0359. The molecule has 124 valence electrons. The largest absolute Gasteiger partial charge is 0.497 e. The Morgan fingerprint density at radius 3 is 2.74 bits per heavy atom. The summed E-state index contributed by atoms with van der Waals surface area (Å²) >= 11 is 1.55. The Hall–Kier alpha value is -2.15. The van der Waals surface area contributed by atoms with Crippen molar-refractivity contribution in [1.82, 2.24) is 9.88 Å². The molecule has 1 aromatic carbocycles. The smallest absolute Gasteiger partial charge is 0.326 e. The molecule has 1 amide bonds. The second kappa shape index (κ2) is 7.41. The van der Waals surface area contributed by atoms with Gasteiger partial charge in [-0.05, 0) is 42.7 Å². The van der Waals surface area contributed by atoms with Gasteiger partial charge in [-0.15, -0.1) is 0 Å². The van der Waals surface area contributed by atoms with Crippen LogP contribution in [0.3, 0.4) is 0 Å². The van der Waals surface area contributed by atoms with Crippen LogP contribution in [0.5, 0.6) is 5.75 Å². The quantitative estimate of drug-likeness (QED) is 0.809. The molecule has 0 fully saturated rings. The summed E-state index contributed by atoms with van der Waals surface area (Å²) in [7, 11) is 3.36. The highest BCUT2D eigenvalue weighted by atomic mass is 32.2. The number of carboxylic acid groups (broad SMARTS) is 1. The van der Waals surface area contributed by atoms with Crippen LogP contribution in [-0.4, -0.2) is 46.7 Å². The third-order valence-corrected chi connectivity index (χ3v) is 4.34. The number of aryl methyl sites for hydroxylation is 1. The van der Waals surface area contributed by atoms with E-state index in [0.717, 1.165) is 10.9 Å². The van der Waals surface area contributed by atoms with Crippen molar-refractivity contribution in [3.05, 3.63) is 30.0 Å². The van der Waals surface area contributed by atoms with Crippen LogP contribution in [0.4, 0.5) is 0 Å². The molecule has 0 aliphatic heterocycles. The molecule has 1 heterocycles. The number of hydrogen-bond donors (Lipinski definition) is 2. The lowest BCUT2D eigenvalue weighted by Crippen LogP contribution is -2.41. The Morgan fingerprint density at radius 1 is 1.39 bits per heavy atom. The summed E-state index contributed by atoms with van der Waals surface area (Å²) in [5.41, 5.74) is 1.30. The topological polar surface area (TPSA) is 80.6 Å². The van der Waals surface area contributed by atoms with E-state index in [1.807, 2.05) is 24.5 Å². The van der Waals surface area contributed by atoms with E-state index < -0.39 is 17.9 Å². The zero-order valence-electron chi connectivity index (χ0n) is 13.3. The van der Waals surface area contributed by atoms with Crippen LogP contribution in [0, 0.1) is 0 Å². The number of aromatic nitrogens is 1. The molecular formula is C16H20N2O4S. The van der Waals surface area contributed by atoms with Crippen LogP contribution in [0.1, 0.15) is 16.9 Å². The zero-order chi connectivity index (χ0) is 17.0. The van der Waals surface area contributed by atoms with E-state index >= 15 is 0 Å². The van der Waals surface area contributed by atoms with E-state index in [9.17, 15) is 14.7 Å². The summed E-state index contributed by atoms with van der Waals surface area (Å²) in [5, 5.41) is 12.7. The number of benzene rings is 1. The molecule has 1 unspecified atom stereocenters. The fourth-order valence-corrected chi connectivity index (χ4v) is 2.87. The molecule has 0 radical (unpaired) electrons. The van der Waals surface area contributed by atoms with Gasteiger partial charge < -0.3 is 19.7 Å². The molecule has 23 heavy (non-hydrogen) atoms. The number of aliphatic carboxylic acids is 1. The first-order valence-corrected chi connectivity index (χ1v) is 8.53. The zero-order valence-corrected chi connectivity index (χ0v) is 14.1. The van der Waals surface area contributed by atoms with Crippen LogP contribution in [-0.2, 0) is 11.8 Å². The Balaban J connectivity index is 2.26. The average Bonchev–Trinajstić information content (AvgIpc) is 2.87. The van der Waals surface area contributed by atoms with Gasteiger partial charge in [-0.3, -0.25) is 4.79 Å². The van der Waals surface area contributed by atoms with E-state index in [0.29, 0.717) is 23.6 Å². The highest BCUT2D eigenvalue weighted by Gasteiger charge is 2.22. The van der Waals surface area contributed by atoms with Crippen LogP contribution in [0.25, 0.3) is 10.9 Å². The van der Waals surface area contributed by atoms with Gasteiger partial charge in [0.1, 0.15) is 17.5 Å². The van der Waals surface area contributed by atoms with Crippen molar-refractivity contribution in [2.24, 2.45) is 7.05 Å². The van der Waals surface area contributed by atoms with Crippen molar-refractivity contribution in [3.8, 4) is 5.75 Å². The molecule has 0 spiro atoms. The van der Waals surface area contributed by atoms with Gasteiger partial charge >= 0.3 is 5.97 Å². The van der Waals surface area contributed by atoms with Crippen molar-refractivity contribution < 1.29 is 19.4 Å². The minimum atomic E-state index is -1.02. The van der Waals surface area contributed by atoms with Gasteiger partial charge in [0.15, 0.2) is 0 Å². The lowest BCUT2D eigenvalue weighted by atomic mass is 10.2. The molecule has 6 nitrogen and oxygen atoms in total. The number of nitrogens with one attached hydrogen (secondary N) is 1. The Kier molecular flexibility index (Phi) is 5.54. The van der Waals surface area contributed by atoms with E-state index in [1.165, 1.54) is 0 Å². The van der Waals surface area contributed by atoms with Crippen LogP contribution < -0.4 is 10.1 Å². The lowest BCUT2D eigenvalue weighted by Gasteiger charge is -2.14. The maximum Gasteiger partial charge on any atom is 0.326 e. The van der Waals surface area contributed by atoms with E-state index in [2.05, 4.69) is 5.32 Å². The number of fused-ring (bicyclic) bond motifs is 1. The van der Waals surface area contributed by atoms with Gasteiger partial charge in [0, 0.05) is 18.0 Å². The number of ether oxygens (including phenoxy) is 1. The van der Waals surface area contributed by atoms with Gasteiger partial charge in [-0.1, -0.05) is 0 Å². The normalized spacial score (nSPS) is 12.1. The molecule has 1 aromatic heterocycles. The third-order valence-electron chi connectivity index (χ3n) is 3.70. The molecule has 0 aliphatic carbocycles. The minimum absolute atomic E-state index is 0.389. The number of carbonyl (C=O) groups is 2. The van der Waals surface area contributed by atoms with E-state index in [-0.39, 0.29) is 0 Å². The predicted octanol–water partition coefficient (Wildman–Crippen LogP) is 2.12. The minimum Gasteiger partial charge on any atom is -0.497 e. The van der Waals surface area contributed by atoms with Crippen molar-refractivity contribution >= 4 is 34.5 Å². The van der Waals surface area contributed by atoms with Gasteiger partial charge in [0.2, 0.25) is 0 Å². The molecule has 0 saturated carbocycles. The van der Waals surface area contributed by atoms with Crippen molar-refractivity contribution in [2.45, 2.75) is 12.5 Å². The number of methoxy groups -OCH3 is 1. The molecule has 2 N–H and O–H groups in total. The molecule has 1 atom stereocenters. The van der Waals surface area contributed by atoms with Gasteiger partial charge in [0.05, 0.1) is 7.11 Å². The Bertz CT molecular complexity index is 726. The highest BCUT2D eigenvalue weighted by molar-refractivity contribution is 7.98.